The molecule has 4 heteroatoms. The van der Waals surface area contributed by atoms with Crippen molar-refractivity contribution in [3.8, 4) is 5.75 Å². The Kier molecular flexibility index (Phi) is 2.64. The third-order valence-corrected chi connectivity index (χ3v) is 3.08. The van der Waals surface area contributed by atoms with E-state index < -0.39 is 0 Å². The molecule has 2 nitrogen and oxygen atoms in total. The first-order valence-corrected chi connectivity index (χ1v) is 5.12. The maximum atomic E-state index is 5.93. The van der Waals surface area contributed by atoms with Gasteiger partial charge in [-0.05, 0) is 18.2 Å². The van der Waals surface area contributed by atoms with E-state index in [0.29, 0.717) is 18.2 Å². The van der Waals surface area contributed by atoms with Gasteiger partial charge in [0.1, 0.15) is 5.75 Å². The van der Waals surface area contributed by atoms with Crippen molar-refractivity contribution in [2.24, 2.45) is 0 Å². The van der Waals surface area contributed by atoms with Gasteiger partial charge in [-0.15, -0.1) is 0 Å². The molecule has 0 unspecified atom stereocenters. The Morgan fingerprint density at radius 2 is 2.21 bits per heavy atom. The van der Waals surface area contributed by atoms with Crippen molar-refractivity contribution in [2.45, 2.75) is 4.75 Å². The van der Waals surface area contributed by atoms with E-state index in [0.717, 1.165) is 11.3 Å². The van der Waals surface area contributed by atoms with Gasteiger partial charge in [0.2, 0.25) is 0 Å². The van der Waals surface area contributed by atoms with Gasteiger partial charge < -0.3 is 9.47 Å². The summed E-state index contributed by atoms with van der Waals surface area (Å²) in [7, 11) is 1.64. The van der Waals surface area contributed by atoms with Crippen molar-refractivity contribution < 1.29 is 9.47 Å². The highest BCUT2D eigenvalue weighted by Crippen LogP contribution is 2.41. The summed E-state index contributed by atoms with van der Waals surface area (Å²) in [5, 5.41) is 0.695. The first-order chi connectivity index (χ1) is 6.65. The van der Waals surface area contributed by atoms with Crippen LogP contribution in [0.25, 0.3) is 0 Å². The van der Waals surface area contributed by atoms with Crippen LogP contribution in [-0.2, 0) is 9.48 Å². The van der Waals surface area contributed by atoms with Gasteiger partial charge >= 0.3 is 0 Å². The molecule has 0 aliphatic carbocycles. The van der Waals surface area contributed by atoms with Crippen molar-refractivity contribution in [1.82, 2.24) is 0 Å². The molecule has 76 valence electrons. The standard InChI is InChI=1S/C10H11ClO2S/c1-12-9-3-2-7(11)4-8(9)10(14)5-13-6-10/h2-4,14H,5-6H2,1H3. The molecule has 0 bridgehead atoms. The molecule has 1 heterocycles. The summed E-state index contributed by atoms with van der Waals surface area (Å²) in [6, 6.07) is 5.55. The highest BCUT2D eigenvalue weighted by Gasteiger charge is 2.38. The van der Waals surface area contributed by atoms with E-state index in [1.165, 1.54) is 0 Å². The predicted molar refractivity (Wildman–Crippen MR) is 59.5 cm³/mol. The van der Waals surface area contributed by atoms with E-state index in [4.69, 9.17) is 21.1 Å². The number of hydrogen-bond acceptors (Lipinski definition) is 3. The van der Waals surface area contributed by atoms with Crippen LogP contribution in [0.2, 0.25) is 5.02 Å². The van der Waals surface area contributed by atoms with Crippen molar-refractivity contribution >= 4 is 24.2 Å². The molecule has 1 saturated heterocycles. The monoisotopic (exact) mass is 230 g/mol. The molecule has 1 aliphatic heterocycles. The summed E-state index contributed by atoms with van der Waals surface area (Å²) in [6.45, 7) is 1.21. The molecule has 0 saturated carbocycles. The Morgan fingerprint density at radius 3 is 2.71 bits per heavy atom. The SMILES string of the molecule is COc1ccc(Cl)cc1C1(S)COC1. The highest BCUT2D eigenvalue weighted by atomic mass is 35.5. The van der Waals surface area contributed by atoms with E-state index in [9.17, 15) is 0 Å². The van der Waals surface area contributed by atoms with Crippen molar-refractivity contribution in [2.75, 3.05) is 20.3 Å². The summed E-state index contributed by atoms with van der Waals surface area (Å²) in [5.41, 5.74) is 1.00. The molecule has 0 spiro atoms. The van der Waals surface area contributed by atoms with Crippen LogP contribution in [-0.4, -0.2) is 20.3 Å². The second kappa shape index (κ2) is 3.65. The average Bonchev–Trinajstić information content (AvgIpc) is 2.14. The predicted octanol–water partition coefficient (Wildman–Crippen LogP) is 2.50. The van der Waals surface area contributed by atoms with E-state index in [2.05, 4.69) is 12.6 Å². The smallest absolute Gasteiger partial charge is 0.123 e. The van der Waals surface area contributed by atoms with Crippen LogP contribution in [0.1, 0.15) is 5.56 Å². The van der Waals surface area contributed by atoms with Gasteiger partial charge in [0.05, 0.1) is 25.1 Å². The van der Waals surface area contributed by atoms with Gasteiger partial charge in [0.15, 0.2) is 0 Å². The Labute approximate surface area is 93.6 Å². The minimum Gasteiger partial charge on any atom is -0.496 e. The van der Waals surface area contributed by atoms with Gasteiger partial charge in [-0.25, -0.2) is 0 Å². The minimum absolute atomic E-state index is 0.240. The van der Waals surface area contributed by atoms with E-state index >= 15 is 0 Å². The largest absolute Gasteiger partial charge is 0.496 e. The van der Waals surface area contributed by atoms with E-state index in [-0.39, 0.29) is 4.75 Å². The summed E-state index contributed by atoms with van der Waals surface area (Å²) in [4.78, 5) is 0. The lowest BCUT2D eigenvalue weighted by Gasteiger charge is -2.38. The van der Waals surface area contributed by atoms with Gasteiger partial charge in [0.25, 0.3) is 0 Å². The lowest BCUT2D eigenvalue weighted by atomic mass is 9.95. The summed E-state index contributed by atoms with van der Waals surface area (Å²) in [5.74, 6) is 0.813. The molecular formula is C10H11ClO2S. The molecule has 0 N–H and O–H groups in total. The van der Waals surface area contributed by atoms with Crippen molar-refractivity contribution in [1.29, 1.82) is 0 Å². The number of methoxy groups -OCH3 is 1. The van der Waals surface area contributed by atoms with Crippen LogP contribution in [0.15, 0.2) is 18.2 Å². The molecule has 1 aromatic carbocycles. The minimum atomic E-state index is -0.240. The van der Waals surface area contributed by atoms with Gasteiger partial charge in [0, 0.05) is 10.6 Å². The molecule has 0 aromatic heterocycles. The number of ether oxygens (including phenoxy) is 2. The zero-order chi connectivity index (χ0) is 10.2. The van der Waals surface area contributed by atoms with Gasteiger partial charge in [-0.1, -0.05) is 11.6 Å². The number of benzene rings is 1. The average molecular weight is 231 g/mol. The fourth-order valence-corrected chi connectivity index (χ4v) is 2.02. The molecule has 0 amide bonds. The Morgan fingerprint density at radius 1 is 1.50 bits per heavy atom. The maximum Gasteiger partial charge on any atom is 0.123 e. The second-order valence-corrected chi connectivity index (χ2v) is 4.66. The number of thiol groups is 1. The first-order valence-electron chi connectivity index (χ1n) is 4.30. The molecule has 1 fully saturated rings. The molecule has 0 atom stereocenters. The lowest BCUT2D eigenvalue weighted by Crippen LogP contribution is -2.41. The van der Waals surface area contributed by atoms with E-state index in [1.807, 2.05) is 12.1 Å². The Bertz CT molecular complexity index is 350. The maximum absolute atomic E-state index is 5.93. The quantitative estimate of drug-likeness (QED) is 0.787. The number of halogens is 1. The van der Waals surface area contributed by atoms with Crippen LogP contribution in [0.3, 0.4) is 0 Å². The summed E-state index contributed by atoms with van der Waals surface area (Å²) < 4.78 is 10.2. The van der Waals surface area contributed by atoms with Crippen LogP contribution < -0.4 is 4.74 Å². The normalized spacial score (nSPS) is 18.8. The van der Waals surface area contributed by atoms with Gasteiger partial charge in [-0.3, -0.25) is 0 Å². The molecule has 1 aromatic rings. The molecule has 0 radical (unpaired) electrons. The van der Waals surface area contributed by atoms with Crippen LogP contribution >= 0.6 is 24.2 Å². The zero-order valence-electron chi connectivity index (χ0n) is 7.79. The molecule has 2 rings (SSSR count). The van der Waals surface area contributed by atoms with Crippen molar-refractivity contribution in [3.05, 3.63) is 28.8 Å². The number of rotatable bonds is 2. The molecule has 14 heavy (non-hydrogen) atoms. The third kappa shape index (κ3) is 1.60. The number of hydrogen-bond donors (Lipinski definition) is 1. The lowest BCUT2D eigenvalue weighted by molar-refractivity contribution is -0.0106. The van der Waals surface area contributed by atoms with Crippen molar-refractivity contribution in [3.63, 3.8) is 0 Å². The molecular weight excluding hydrogens is 220 g/mol. The van der Waals surface area contributed by atoms with Crippen LogP contribution in [0.5, 0.6) is 5.75 Å². The fourth-order valence-electron chi connectivity index (χ4n) is 1.49. The fraction of sp³-hybridized carbons (Fsp3) is 0.400. The second-order valence-electron chi connectivity index (χ2n) is 3.37. The Balaban J connectivity index is 2.43. The molecule has 1 aliphatic rings. The highest BCUT2D eigenvalue weighted by molar-refractivity contribution is 7.81. The van der Waals surface area contributed by atoms with Gasteiger partial charge in [-0.2, -0.15) is 12.6 Å². The summed E-state index contributed by atoms with van der Waals surface area (Å²) in [6.07, 6.45) is 0. The first kappa shape index (κ1) is 10.1. The Hall–Kier alpha value is -0.380. The third-order valence-electron chi connectivity index (χ3n) is 2.34. The topological polar surface area (TPSA) is 18.5 Å². The van der Waals surface area contributed by atoms with Crippen LogP contribution in [0.4, 0.5) is 0 Å². The zero-order valence-corrected chi connectivity index (χ0v) is 9.44. The summed E-state index contributed by atoms with van der Waals surface area (Å²) >= 11 is 10.5. The van der Waals surface area contributed by atoms with E-state index in [1.54, 1.807) is 13.2 Å². The van der Waals surface area contributed by atoms with Crippen LogP contribution in [0, 0.1) is 0 Å².